The minimum absolute atomic E-state index is 0.00596. The van der Waals surface area contributed by atoms with Crippen molar-refractivity contribution >= 4 is 15.9 Å². The van der Waals surface area contributed by atoms with Crippen LogP contribution in [0.3, 0.4) is 0 Å². The van der Waals surface area contributed by atoms with Gasteiger partial charge < -0.3 is 14.4 Å². The molecule has 3 aliphatic heterocycles. The molecule has 0 spiro atoms. The van der Waals surface area contributed by atoms with Crippen molar-refractivity contribution in [1.29, 1.82) is 0 Å². The highest BCUT2D eigenvalue weighted by atomic mass is 32.2. The van der Waals surface area contributed by atoms with Crippen molar-refractivity contribution in [2.24, 2.45) is 0 Å². The molecular weight excluding hydrogens is 444 g/mol. The standard InChI is InChI=1S/C23H28N4O5S/c28-23(20-16-19(24-25-20)17-5-2-1-3-6-17)26-9-11-27(12-10-26)33(29,30)18-7-8-21-22(15-18)32-14-4-13-31-21/h1-3,5-8,15,19-20,24-25H,4,9-14,16H2. The Kier molecular flexibility index (Phi) is 6.24. The number of carbonyl (C=O) groups is 1. The molecule has 5 rings (SSSR count). The van der Waals surface area contributed by atoms with Crippen molar-refractivity contribution in [3.05, 3.63) is 54.1 Å². The van der Waals surface area contributed by atoms with Crippen LogP contribution in [0.5, 0.6) is 11.5 Å². The molecule has 176 valence electrons. The zero-order chi connectivity index (χ0) is 22.8. The summed E-state index contributed by atoms with van der Waals surface area (Å²) in [5.41, 5.74) is 7.44. The van der Waals surface area contributed by atoms with Crippen LogP contribution < -0.4 is 20.3 Å². The summed E-state index contributed by atoms with van der Waals surface area (Å²) in [6.07, 6.45) is 1.41. The van der Waals surface area contributed by atoms with E-state index in [0.29, 0.717) is 44.2 Å². The summed E-state index contributed by atoms with van der Waals surface area (Å²) < 4.78 is 39.1. The summed E-state index contributed by atoms with van der Waals surface area (Å²) >= 11 is 0. The lowest BCUT2D eigenvalue weighted by molar-refractivity contribution is -0.134. The van der Waals surface area contributed by atoms with Crippen LogP contribution in [0.2, 0.25) is 0 Å². The first-order chi connectivity index (χ1) is 16.0. The number of nitrogens with zero attached hydrogens (tertiary/aromatic N) is 2. The van der Waals surface area contributed by atoms with Gasteiger partial charge in [-0.05, 0) is 24.1 Å². The number of benzene rings is 2. The topological polar surface area (TPSA) is 100 Å². The van der Waals surface area contributed by atoms with E-state index in [1.165, 1.54) is 10.4 Å². The lowest BCUT2D eigenvalue weighted by atomic mass is 10.0. The normalized spacial score (nSPS) is 23.8. The first kappa shape index (κ1) is 22.1. The van der Waals surface area contributed by atoms with E-state index >= 15 is 0 Å². The SMILES string of the molecule is O=C(C1CC(c2ccccc2)NN1)N1CCN(S(=O)(=O)c2ccc3c(c2)OCCCO3)CC1. The Labute approximate surface area is 193 Å². The predicted molar refractivity (Wildman–Crippen MR) is 121 cm³/mol. The van der Waals surface area contributed by atoms with Gasteiger partial charge in [0.15, 0.2) is 11.5 Å². The molecule has 0 aliphatic carbocycles. The highest BCUT2D eigenvalue weighted by Gasteiger charge is 2.36. The summed E-state index contributed by atoms with van der Waals surface area (Å²) in [4.78, 5) is 14.9. The van der Waals surface area contributed by atoms with Crippen molar-refractivity contribution in [2.45, 2.75) is 29.8 Å². The number of sulfonamides is 1. The van der Waals surface area contributed by atoms with Gasteiger partial charge in [-0.15, -0.1) is 0 Å². The first-order valence-electron chi connectivity index (χ1n) is 11.3. The Morgan fingerprint density at radius 1 is 0.909 bits per heavy atom. The van der Waals surface area contributed by atoms with Gasteiger partial charge in [-0.25, -0.2) is 19.3 Å². The summed E-state index contributed by atoms with van der Waals surface area (Å²) in [5, 5.41) is 0. The molecular formula is C23H28N4O5S. The zero-order valence-corrected chi connectivity index (χ0v) is 19.1. The van der Waals surface area contributed by atoms with E-state index < -0.39 is 10.0 Å². The van der Waals surface area contributed by atoms with Crippen LogP contribution in [0, 0.1) is 0 Å². The lowest BCUT2D eigenvalue weighted by Gasteiger charge is -2.35. The van der Waals surface area contributed by atoms with Crippen molar-refractivity contribution in [2.75, 3.05) is 39.4 Å². The second-order valence-electron chi connectivity index (χ2n) is 8.43. The quantitative estimate of drug-likeness (QED) is 0.692. The number of nitrogens with one attached hydrogen (secondary N) is 2. The number of ether oxygens (including phenoxy) is 2. The summed E-state index contributed by atoms with van der Waals surface area (Å²) in [6, 6.07) is 14.5. The van der Waals surface area contributed by atoms with Crippen LogP contribution in [0.4, 0.5) is 0 Å². The third-order valence-electron chi connectivity index (χ3n) is 6.31. The minimum Gasteiger partial charge on any atom is -0.490 e. The molecule has 3 aliphatic rings. The van der Waals surface area contributed by atoms with E-state index in [4.69, 9.17) is 9.47 Å². The van der Waals surface area contributed by atoms with Crippen LogP contribution in [0.15, 0.2) is 53.4 Å². The highest BCUT2D eigenvalue weighted by Crippen LogP contribution is 2.33. The van der Waals surface area contributed by atoms with Crippen molar-refractivity contribution < 1.29 is 22.7 Å². The van der Waals surface area contributed by atoms with E-state index in [1.54, 1.807) is 17.0 Å². The van der Waals surface area contributed by atoms with Gasteiger partial charge in [-0.3, -0.25) is 4.79 Å². The fourth-order valence-electron chi connectivity index (χ4n) is 4.44. The van der Waals surface area contributed by atoms with E-state index in [2.05, 4.69) is 10.9 Å². The van der Waals surface area contributed by atoms with E-state index in [-0.39, 0.29) is 36.0 Å². The average molecular weight is 473 g/mol. The van der Waals surface area contributed by atoms with Crippen molar-refractivity contribution in [3.63, 3.8) is 0 Å². The molecule has 3 heterocycles. The number of hydrazine groups is 1. The number of carbonyl (C=O) groups excluding carboxylic acids is 1. The molecule has 10 heteroatoms. The molecule has 1 amide bonds. The fourth-order valence-corrected chi connectivity index (χ4v) is 5.88. The van der Waals surface area contributed by atoms with Gasteiger partial charge >= 0.3 is 0 Å². The monoisotopic (exact) mass is 472 g/mol. The Morgan fingerprint density at radius 3 is 2.39 bits per heavy atom. The minimum atomic E-state index is -3.69. The molecule has 2 atom stereocenters. The molecule has 0 radical (unpaired) electrons. The van der Waals surface area contributed by atoms with Gasteiger partial charge in [0.1, 0.15) is 6.04 Å². The van der Waals surface area contributed by atoms with Gasteiger partial charge in [0.2, 0.25) is 15.9 Å². The highest BCUT2D eigenvalue weighted by molar-refractivity contribution is 7.89. The second-order valence-corrected chi connectivity index (χ2v) is 10.4. The summed E-state index contributed by atoms with van der Waals surface area (Å²) in [5.74, 6) is 1.01. The van der Waals surface area contributed by atoms with Crippen molar-refractivity contribution in [1.82, 2.24) is 20.1 Å². The lowest BCUT2D eigenvalue weighted by Crippen LogP contribution is -2.54. The molecule has 0 bridgehead atoms. The maximum atomic E-state index is 13.2. The first-order valence-corrected chi connectivity index (χ1v) is 12.7. The van der Waals surface area contributed by atoms with Gasteiger partial charge in [0.25, 0.3) is 0 Å². The van der Waals surface area contributed by atoms with Crippen LogP contribution in [-0.4, -0.2) is 69.0 Å². The van der Waals surface area contributed by atoms with E-state index in [1.807, 2.05) is 30.3 Å². The number of rotatable bonds is 4. The second kappa shape index (κ2) is 9.30. The smallest absolute Gasteiger partial charge is 0.243 e. The maximum absolute atomic E-state index is 13.2. The number of amides is 1. The predicted octanol–water partition coefficient (Wildman–Crippen LogP) is 1.29. The molecule has 2 fully saturated rings. The molecule has 2 N–H and O–H groups in total. The van der Waals surface area contributed by atoms with Gasteiger partial charge in [-0.1, -0.05) is 30.3 Å². The van der Waals surface area contributed by atoms with Gasteiger partial charge in [-0.2, -0.15) is 4.31 Å². The Morgan fingerprint density at radius 2 is 1.64 bits per heavy atom. The van der Waals surface area contributed by atoms with E-state index in [9.17, 15) is 13.2 Å². The number of hydrogen-bond donors (Lipinski definition) is 2. The molecule has 9 nitrogen and oxygen atoms in total. The third-order valence-corrected chi connectivity index (χ3v) is 8.20. The molecule has 33 heavy (non-hydrogen) atoms. The molecule has 2 aromatic rings. The van der Waals surface area contributed by atoms with Gasteiger partial charge in [0, 0.05) is 44.7 Å². The van der Waals surface area contributed by atoms with Crippen LogP contribution in [0.25, 0.3) is 0 Å². The van der Waals surface area contributed by atoms with Crippen LogP contribution in [-0.2, 0) is 14.8 Å². The average Bonchev–Trinajstić information content (AvgIpc) is 3.23. The fraction of sp³-hybridized carbons (Fsp3) is 0.435. The van der Waals surface area contributed by atoms with Crippen LogP contribution in [0.1, 0.15) is 24.4 Å². The molecule has 0 saturated carbocycles. The zero-order valence-electron chi connectivity index (χ0n) is 18.3. The molecule has 0 aromatic heterocycles. The number of piperazine rings is 1. The summed E-state index contributed by atoms with van der Waals surface area (Å²) in [6.45, 7) is 2.27. The molecule has 2 unspecified atom stereocenters. The third kappa shape index (κ3) is 4.56. The molecule has 2 saturated heterocycles. The largest absolute Gasteiger partial charge is 0.490 e. The number of fused-ring (bicyclic) bond motifs is 1. The Hall–Kier alpha value is -2.66. The molecule has 2 aromatic carbocycles. The maximum Gasteiger partial charge on any atom is 0.243 e. The Bertz CT molecular complexity index is 1100. The van der Waals surface area contributed by atoms with Crippen LogP contribution >= 0.6 is 0 Å². The van der Waals surface area contributed by atoms with E-state index in [0.717, 1.165) is 12.0 Å². The van der Waals surface area contributed by atoms with Gasteiger partial charge in [0.05, 0.1) is 18.1 Å². The van der Waals surface area contributed by atoms with Crippen molar-refractivity contribution in [3.8, 4) is 11.5 Å². The Balaban J connectivity index is 1.20. The number of hydrogen-bond acceptors (Lipinski definition) is 7. The summed E-state index contributed by atoms with van der Waals surface area (Å²) in [7, 11) is -3.69.